The number of hydrogen-bond donors (Lipinski definition) is 1. The van der Waals surface area contributed by atoms with Gasteiger partial charge in [-0.05, 0) is 43.5 Å². The number of fused-ring (bicyclic) bond motifs is 1. The normalized spacial score (nSPS) is 12.0. The maximum atomic E-state index is 12.8. The molecule has 0 saturated carbocycles. The maximum Gasteiger partial charge on any atom is 0.179 e. The molecule has 0 aliphatic rings. The van der Waals surface area contributed by atoms with Crippen LogP contribution in [0.2, 0.25) is 10.0 Å². The van der Waals surface area contributed by atoms with Crippen molar-refractivity contribution in [1.29, 1.82) is 0 Å². The molecule has 0 aliphatic heterocycles. The van der Waals surface area contributed by atoms with E-state index in [1.807, 2.05) is 6.92 Å². The lowest BCUT2D eigenvalue weighted by atomic mass is 10.2. The number of aromatic nitrogens is 3. The first-order chi connectivity index (χ1) is 13.7. The highest BCUT2D eigenvalue weighted by molar-refractivity contribution is 7.91. The summed E-state index contributed by atoms with van der Waals surface area (Å²) >= 11 is 12.0. The van der Waals surface area contributed by atoms with Crippen molar-refractivity contribution in [2.24, 2.45) is 0 Å². The van der Waals surface area contributed by atoms with Crippen LogP contribution in [0.1, 0.15) is 37.6 Å². The quantitative estimate of drug-likeness (QED) is 0.525. The number of rotatable bonds is 8. The molecule has 2 N–H and O–H groups in total. The van der Waals surface area contributed by atoms with E-state index in [1.165, 1.54) is 18.2 Å². The van der Waals surface area contributed by atoms with Gasteiger partial charge in [0.25, 0.3) is 0 Å². The summed E-state index contributed by atoms with van der Waals surface area (Å²) in [6.45, 7) is 4.60. The molecule has 0 spiro atoms. The highest BCUT2D eigenvalue weighted by Gasteiger charge is 2.20. The molecule has 3 aromatic rings. The number of benzene rings is 1. The lowest BCUT2D eigenvalue weighted by Gasteiger charge is -2.11. The van der Waals surface area contributed by atoms with Crippen LogP contribution in [0.25, 0.3) is 11.0 Å². The summed E-state index contributed by atoms with van der Waals surface area (Å²) in [5.74, 6) is 1.27. The molecule has 3 rings (SSSR count). The van der Waals surface area contributed by atoms with Crippen LogP contribution in [-0.2, 0) is 22.8 Å². The minimum atomic E-state index is -3.52. The van der Waals surface area contributed by atoms with Gasteiger partial charge in [0.2, 0.25) is 0 Å². The zero-order valence-corrected chi connectivity index (χ0v) is 18.8. The van der Waals surface area contributed by atoms with Gasteiger partial charge in [0, 0.05) is 24.2 Å². The van der Waals surface area contributed by atoms with Crippen molar-refractivity contribution in [3.05, 3.63) is 45.8 Å². The van der Waals surface area contributed by atoms with Crippen molar-refractivity contribution in [3.8, 4) is 0 Å². The van der Waals surface area contributed by atoms with Crippen LogP contribution in [0.3, 0.4) is 0 Å². The summed E-state index contributed by atoms with van der Waals surface area (Å²) in [7, 11) is -3.52. The third-order valence-corrected chi connectivity index (χ3v) is 7.35. The Bertz CT molecular complexity index is 1140. The van der Waals surface area contributed by atoms with Gasteiger partial charge in [-0.3, -0.25) is 0 Å². The smallest absolute Gasteiger partial charge is 0.179 e. The summed E-state index contributed by atoms with van der Waals surface area (Å²) in [4.78, 5) is 9.00. The number of nitrogen functional groups attached to an aromatic ring is 1. The third-order valence-electron chi connectivity index (χ3n) is 4.84. The number of imidazole rings is 1. The number of hydrogen-bond acceptors (Lipinski definition) is 5. The average Bonchev–Trinajstić information content (AvgIpc) is 3.02. The zero-order valence-electron chi connectivity index (χ0n) is 16.5. The van der Waals surface area contributed by atoms with Crippen LogP contribution in [-0.4, -0.2) is 28.7 Å². The second-order valence-corrected chi connectivity index (χ2v) is 9.98. The monoisotopic (exact) mass is 454 g/mol. The summed E-state index contributed by atoms with van der Waals surface area (Å²) < 4.78 is 27.6. The molecule has 0 fully saturated rings. The number of nitrogens with two attached hydrogens (primary N) is 1. The van der Waals surface area contributed by atoms with E-state index in [1.54, 1.807) is 6.20 Å². The van der Waals surface area contributed by atoms with Gasteiger partial charge in [-0.15, -0.1) is 0 Å². The molecule has 0 bridgehead atoms. The average molecular weight is 455 g/mol. The van der Waals surface area contributed by atoms with Gasteiger partial charge in [-0.1, -0.05) is 36.5 Å². The van der Waals surface area contributed by atoms with E-state index in [-0.39, 0.29) is 15.7 Å². The van der Waals surface area contributed by atoms with E-state index in [9.17, 15) is 8.42 Å². The van der Waals surface area contributed by atoms with E-state index >= 15 is 0 Å². The Balaban J connectivity index is 1.87. The predicted octanol–water partition coefficient (Wildman–Crippen LogP) is 4.84. The molecule has 6 nitrogen and oxygen atoms in total. The Morgan fingerprint density at radius 1 is 1.21 bits per heavy atom. The Hall–Kier alpha value is -1.83. The number of halogens is 2. The van der Waals surface area contributed by atoms with Gasteiger partial charge in [0.05, 0.1) is 21.2 Å². The Labute approximate surface area is 181 Å². The molecule has 29 heavy (non-hydrogen) atoms. The van der Waals surface area contributed by atoms with Crippen LogP contribution in [0.5, 0.6) is 0 Å². The molecule has 0 unspecified atom stereocenters. The van der Waals surface area contributed by atoms with E-state index in [0.717, 1.165) is 36.2 Å². The molecule has 0 saturated heterocycles. The van der Waals surface area contributed by atoms with Crippen molar-refractivity contribution in [1.82, 2.24) is 14.5 Å². The number of anilines is 1. The number of unbranched alkanes of at least 4 members (excludes halogenated alkanes) is 1. The lowest BCUT2D eigenvalue weighted by molar-refractivity contribution is 0.583. The predicted molar refractivity (Wildman–Crippen MR) is 118 cm³/mol. The summed E-state index contributed by atoms with van der Waals surface area (Å²) in [5.41, 5.74) is 8.60. The fourth-order valence-corrected chi connectivity index (χ4v) is 5.50. The highest BCUT2D eigenvalue weighted by Crippen LogP contribution is 2.28. The SMILES string of the molecule is CCCCc1nc2c(N)ncc(C)c2n1CCCS(=O)(=O)c1ccc(Cl)cc1Cl. The summed E-state index contributed by atoms with van der Waals surface area (Å²) in [6.07, 6.45) is 4.99. The Morgan fingerprint density at radius 3 is 2.66 bits per heavy atom. The summed E-state index contributed by atoms with van der Waals surface area (Å²) in [5, 5.41) is 0.546. The van der Waals surface area contributed by atoms with Gasteiger partial charge in [-0.25, -0.2) is 18.4 Å². The highest BCUT2D eigenvalue weighted by atomic mass is 35.5. The number of nitrogens with zero attached hydrogens (tertiary/aromatic N) is 3. The number of aryl methyl sites for hydroxylation is 3. The molecule has 2 aromatic heterocycles. The van der Waals surface area contributed by atoms with Gasteiger partial charge in [-0.2, -0.15) is 0 Å². The van der Waals surface area contributed by atoms with Crippen molar-refractivity contribution >= 4 is 49.9 Å². The Kier molecular flexibility index (Phi) is 6.71. The van der Waals surface area contributed by atoms with Gasteiger partial charge in [0.15, 0.2) is 15.7 Å². The third kappa shape index (κ3) is 4.68. The standard InChI is InChI=1S/C20H24Cl2N4O2S/c1-3-4-6-17-25-18-19(13(2)12-24-20(18)23)26(17)9-5-10-29(27,28)16-8-7-14(21)11-15(16)22/h7-8,11-12H,3-6,9-10H2,1-2H3,(H2,23,24). The Morgan fingerprint density at radius 2 is 1.97 bits per heavy atom. The van der Waals surface area contributed by atoms with Crippen molar-refractivity contribution in [2.45, 2.75) is 51.0 Å². The molecule has 0 atom stereocenters. The molecule has 156 valence electrons. The minimum absolute atomic E-state index is 0.0269. The zero-order chi connectivity index (χ0) is 21.2. The second kappa shape index (κ2) is 8.90. The summed E-state index contributed by atoms with van der Waals surface area (Å²) in [6, 6.07) is 4.43. The number of sulfone groups is 1. The van der Waals surface area contributed by atoms with Crippen LogP contribution in [0.15, 0.2) is 29.3 Å². The molecule has 0 amide bonds. The van der Waals surface area contributed by atoms with Gasteiger partial charge >= 0.3 is 0 Å². The fraction of sp³-hybridized carbons (Fsp3) is 0.400. The van der Waals surface area contributed by atoms with Crippen LogP contribution < -0.4 is 5.73 Å². The molecule has 2 heterocycles. The van der Waals surface area contributed by atoms with Gasteiger partial charge in [0.1, 0.15) is 11.3 Å². The van der Waals surface area contributed by atoms with Crippen LogP contribution >= 0.6 is 23.2 Å². The van der Waals surface area contributed by atoms with Gasteiger partial charge < -0.3 is 10.3 Å². The first-order valence-electron chi connectivity index (χ1n) is 9.52. The van der Waals surface area contributed by atoms with Crippen LogP contribution in [0.4, 0.5) is 5.82 Å². The second-order valence-electron chi connectivity index (χ2n) is 7.05. The molecule has 0 radical (unpaired) electrons. The maximum absolute atomic E-state index is 12.8. The van der Waals surface area contributed by atoms with Crippen LogP contribution in [0, 0.1) is 6.92 Å². The van der Waals surface area contributed by atoms with Crippen molar-refractivity contribution in [2.75, 3.05) is 11.5 Å². The number of pyridine rings is 1. The minimum Gasteiger partial charge on any atom is -0.382 e. The first-order valence-corrected chi connectivity index (χ1v) is 11.9. The lowest BCUT2D eigenvalue weighted by Crippen LogP contribution is -2.12. The fourth-order valence-electron chi connectivity index (χ4n) is 3.38. The van der Waals surface area contributed by atoms with E-state index < -0.39 is 9.84 Å². The molecule has 1 aromatic carbocycles. The van der Waals surface area contributed by atoms with E-state index in [2.05, 4.69) is 16.5 Å². The molecular formula is C20H24Cl2N4O2S. The molecule has 9 heteroatoms. The van der Waals surface area contributed by atoms with Crippen molar-refractivity contribution < 1.29 is 8.42 Å². The molecular weight excluding hydrogens is 431 g/mol. The molecule has 0 aliphatic carbocycles. The first kappa shape index (κ1) is 21.9. The topological polar surface area (TPSA) is 90.9 Å². The van der Waals surface area contributed by atoms with E-state index in [4.69, 9.17) is 33.9 Å². The largest absolute Gasteiger partial charge is 0.382 e. The van der Waals surface area contributed by atoms with E-state index in [0.29, 0.717) is 29.3 Å². The van der Waals surface area contributed by atoms with Crippen molar-refractivity contribution in [3.63, 3.8) is 0 Å².